The number of hydrogen-bond donors (Lipinski definition) is 0. The molecule has 1 fully saturated rings. The first-order valence-corrected chi connectivity index (χ1v) is 6.11. The van der Waals surface area contributed by atoms with Gasteiger partial charge in [0.25, 0.3) is 0 Å². The predicted octanol–water partition coefficient (Wildman–Crippen LogP) is 3.93. The lowest BCUT2D eigenvalue weighted by Gasteiger charge is -2.44. The number of benzene rings is 2. The van der Waals surface area contributed by atoms with Crippen LogP contribution in [0.5, 0.6) is 0 Å². The molecule has 2 aromatic carbocycles. The first kappa shape index (κ1) is 10.5. The molecule has 1 saturated heterocycles. The minimum absolute atomic E-state index is 0.216. The maximum Gasteiger partial charge on any atom is 0.0922 e. The molecule has 0 radical (unpaired) electrons. The Hall–Kier alpha value is -1.60. The van der Waals surface area contributed by atoms with Crippen molar-refractivity contribution in [3.63, 3.8) is 0 Å². The molecular formula is C16H16O. The van der Waals surface area contributed by atoms with Crippen molar-refractivity contribution in [1.29, 1.82) is 0 Å². The number of hydrogen-bond acceptors (Lipinski definition) is 1. The van der Waals surface area contributed by atoms with Gasteiger partial charge in [-0.2, -0.15) is 0 Å². The van der Waals surface area contributed by atoms with Gasteiger partial charge in [-0.15, -0.1) is 0 Å². The highest BCUT2D eigenvalue weighted by Gasteiger charge is 2.41. The lowest BCUT2D eigenvalue weighted by atomic mass is 9.80. The van der Waals surface area contributed by atoms with E-state index in [1.54, 1.807) is 0 Å². The van der Waals surface area contributed by atoms with E-state index >= 15 is 0 Å². The first-order valence-electron chi connectivity index (χ1n) is 6.11. The van der Waals surface area contributed by atoms with Crippen LogP contribution in [-0.4, -0.2) is 6.10 Å². The number of ether oxygens (including phenoxy) is 1. The van der Waals surface area contributed by atoms with E-state index in [0.29, 0.717) is 12.0 Å². The van der Waals surface area contributed by atoms with Crippen LogP contribution in [0.4, 0.5) is 0 Å². The van der Waals surface area contributed by atoms with Crippen molar-refractivity contribution in [1.82, 2.24) is 0 Å². The monoisotopic (exact) mass is 224 g/mol. The molecule has 1 nitrogen and oxygen atoms in total. The molecule has 1 aliphatic rings. The van der Waals surface area contributed by atoms with E-state index in [4.69, 9.17) is 4.74 Å². The van der Waals surface area contributed by atoms with Crippen molar-refractivity contribution in [2.24, 2.45) is 0 Å². The van der Waals surface area contributed by atoms with Gasteiger partial charge in [0.1, 0.15) is 0 Å². The minimum atomic E-state index is 0.216. The number of rotatable bonds is 2. The van der Waals surface area contributed by atoms with Crippen molar-refractivity contribution in [2.75, 3.05) is 0 Å². The molecule has 0 unspecified atom stereocenters. The van der Waals surface area contributed by atoms with Crippen LogP contribution < -0.4 is 0 Å². The summed E-state index contributed by atoms with van der Waals surface area (Å²) in [5.41, 5.74) is 2.65. The van der Waals surface area contributed by atoms with Crippen molar-refractivity contribution in [3.8, 4) is 0 Å². The van der Waals surface area contributed by atoms with Gasteiger partial charge in [0.15, 0.2) is 0 Å². The topological polar surface area (TPSA) is 9.23 Å². The second-order valence-electron chi connectivity index (χ2n) is 4.61. The van der Waals surface area contributed by atoms with Gasteiger partial charge in [-0.1, -0.05) is 60.7 Å². The van der Waals surface area contributed by atoms with Crippen LogP contribution in [0.3, 0.4) is 0 Å². The lowest BCUT2D eigenvalue weighted by Crippen LogP contribution is -2.38. The zero-order valence-electron chi connectivity index (χ0n) is 9.91. The van der Waals surface area contributed by atoms with Crippen LogP contribution in [0.1, 0.15) is 30.1 Å². The third-order valence-corrected chi connectivity index (χ3v) is 3.51. The molecule has 86 valence electrons. The molecular weight excluding hydrogens is 208 g/mol. The summed E-state index contributed by atoms with van der Waals surface area (Å²) in [6.07, 6.45) is 0.524. The summed E-state index contributed by atoms with van der Waals surface area (Å²) in [6.45, 7) is 2.15. The van der Waals surface area contributed by atoms with E-state index in [1.807, 2.05) is 6.07 Å². The largest absolute Gasteiger partial charge is 0.369 e. The van der Waals surface area contributed by atoms with Crippen molar-refractivity contribution >= 4 is 0 Å². The van der Waals surface area contributed by atoms with Crippen molar-refractivity contribution < 1.29 is 4.74 Å². The third kappa shape index (κ3) is 1.87. The second-order valence-corrected chi connectivity index (χ2v) is 4.61. The summed E-state index contributed by atoms with van der Waals surface area (Å²) >= 11 is 0. The highest BCUT2D eigenvalue weighted by atomic mass is 16.5. The molecule has 1 heteroatoms. The molecule has 0 bridgehead atoms. The van der Waals surface area contributed by atoms with Gasteiger partial charge in [0.2, 0.25) is 0 Å². The summed E-state index contributed by atoms with van der Waals surface area (Å²) in [6, 6.07) is 21.1. The molecule has 0 saturated carbocycles. The Labute approximate surface area is 102 Å². The Kier molecular flexibility index (Phi) is 2.69. The molecule has 1 aliphatic heterocycles. The van der Waals surface area contributed by atoms with Gasteiger partial charge in [0.05, 0.1) is 12.2 Å². The first-order chi connectivity index (χ1) is 8.36. The average Bonchev–Trinajstić information content (AvgIpc) is 2.38. The fourth-order valence-corrected chi connectivity index (χ4v) is 2.61. The van der Waals surface area contributed by atoms with Crippen LogP contribution in [0, 0.1) is 0 Å². The fourth-order valence-electron chi connectivity index (χ4n) is 2.61. The van der Waals surface area contributed by atoms with Gasteiger partial charge in [0, 0.05) is 5.92 Å². The molecule has 0 N–H and O–H groups in total. The van der Waals surface area contributed by atoms with Gasteiger partial charge in [-0.3, -0.25) is 0 Å². The van der Waals surface area contributed by atoms with Gasteiger partial charge < -0.3 is 4.74 Å². The third-order valence-electron chi connectivity index (χ3n) is 3.51. The molecule has 0 spiro atoms. The predicted molar refractivity (Wildman–Crippen MR) is 68.9 cm³/mol. The average molecular weight is 224 g/mol. The summed E-state index contributed by atoms with van der Waals surface area (Å²) in [7, 11) is 0. The molecule has 2 aromatic rings. The van der Waals surface area contributed by atoms with Crippen LogP contribution in [0.15, 0.2) is 60.7 Å². The molecule has 17 heavy (non-hydrogen) atoms. The van der Waals surface area contributed by atoms with E-state index in [2.05, 4.69) is 61.5 Å². The lowest BCUT2D eigenvalue weighted by molar-refractivity contribution is -0.142. The SMILES string of the molecule is C[C@H]1O[C@H](c2ccccc2)[C@@H]1c1ccccc1. The van der Waals surface area contributed by atoms with E-state index in [9.17, 15) is 0 Å². The Morgan fingerprint density at radius 3 is 1.82 bits per heavy atom. The summed E-state index contributed by atoms with van der Waals surface area (Å²) in [5, 5.41) is 0. The highest BCUT2D eigenvalue weighted by Crippen LogP contribution is 2.47. The van der Waals surface area contributed by atoms with Crippen LogP contribution >= 0.6 is 0 Å². The van der Waals surface area contributed by atoms with E-state index < -0.39 is 0 Å². The van der Waals surface area contributed by atoms with Gasteiger partial charge in [-0.25, -0.2) is 0 Å². The zero-order valence-corrected chi connectivity index (χ0v) is 9.91. The van der Waals surface area contributed by atoms with Crippen LogP contribution in [0.2, 0.25) is 0 Å². The molecule has 3 atom stereocenters. The van der Waals surface area contributed by atoms with Crippen LogP contribution in [0.25, 0.3) is 0 Å². The molecule has 0 aliphatic carbocycles. The standard InChI is InChI=1S/C16H16O/c1-12-15(13-8-4-2-5-9-13)16(17-12)14-10-6-3-7-11-14/h2-12,15-16H,1H3/t12-,15+,16-/m1/s1. The molecule has 0 amide bonds. The second kappa shape index (κ2) is 4.34. The van der Waals surface area contributed by atoms with Gasteiger partial charge in [-0.05, 0) is 18.1 Å². The normalized spacial score (nSPS) is 27.5. The maximum absolute atomic E-state index is 5.89. The van der Waals surface area contributed by atoms with Gasteiger partial charge >= 0.3 is 0 Å². The summed E-state index contributed by atoms with van der Waals surface area (Å²) in [4.78, 5) is 0. The fraction of sp³-hybridized carbons (Fsp3) is 0.250. The quantitative estimate of drug-likeness (QED) is 0.751. The molecule has 3 rings (SSSR count). The van der Waals surface area contributed by atoms with E-state index in [0.717, 1.165) is 0 Å². The van der Waals surface area contributed by atoms with E-state index in [-0.39, 0.29) is 6.10 Å². The Morgan fingerprint density at radius 1 is 0.765 bits per heavy atom. The highest BCUT2D eigenvalue weighted by molar-refractivity contribution is 5.30. The Morgan fingerprint density at radius 2 is 1.29 bits per heavy atom. The Balaban J connectivity index is 1.89. The molecule has 0 aromatic heterocycles. The van der Waals surface area contributed by atoms with Crippen LogP contribution in [-0.2, 0) is 4.74 Å². The maximum atomic E-state index is 5.89. The smallest absolute Gasteiger partial charge is 0.0922 e. The zero-order chi connectivity index (χ0) is 11.7. The van der Waals surface area contributed by atoms with Crippen molar-refractivity contribution in [3.05, 3.63) is 71.8 Å². The Bertz CT molecular complexity index is 477. The molecule has 1 heterocycles. The minimum Gasteiger partial charge on any atom is -0.369 e. The van der Waals surface area contributed by atoms with E-state index in [1.165, 1.54) is 11.1 Å². The summed E-state index contributed by atoms with van der Waals surface area (Å²) < 4.78 is 5.89. The van der Waals surface area contributed by atoms with Crippen molar-refractivity contribution in [2.45, 2.75) is 25.0 Å². The summed E-state index contributed by atoms with van der Waals surface area (Å²) in [5.74, 6) is 0.485.